The van der Waals surface area contributed by atoms with Gasteiger partial charge in [-0.25, -0.2) is 0 Å². The van der Waals surface area contributed by atoms with E-state index in [2.05, 4.69) is 51.2 Å². The minimum Gasteiger partial charge on any atom is -0.323 e. The zero-order valence-corrected chi connectivity index (χ0v) is 12.7. The minimum absolute atomic E-state index is 0.124. The van der Waals surface area contributed by atoms with Crippen molar-refractivity contribution in [1.29, 1.82) is 0 Å². The van der Waals surface area contributed by atoms with E-state index in [1.54, 1.807) is 0 Å². The zero-order valence-electron chi connectivity index (χ0n) is 12.7. The fourth-order valence-corrected chi connectivity index (χ4v) is 3.21. The van der Waals surface area contributed by atoms with Gasteiger partial charge in [0.2, 0.25) is 0 Å². The lowest BCUT2D eigenvalue weighted by Gasteiger charge is -2.28. The molecule has 19 heavy (non-hydrogen) atoms. The van der Waals surface area contributed by atoms with Crippen molar-refractivity contribution in [3.05, 3.63) is 34.9 Å². The van der Waals surface area contributed by atoms with Crippen LogP contribution in [0.1, 0.15) is 75.1 Å². The van der Waals surface area contributed by atoms with E-state index in [0.29, 0.717) is 17.9 Å². The fourth-order valence-electron chi connectivity index (χ4n) is 3.21. The van der Waals surface area contributed by atoms with Gasteiger partial charge in [0.25, 0.3) is 0 Å². The average Bonchev–Trinajstić information content (AvgIpc) is 2.90. The smallest absolute Gasteiger partial charge is 0.0456 e. The quantitative estimate of drug-likeness (QED) is 0.866. The second-order valence-electron chi connectivity index (χ2n) is 6.39. The Morgan fingerprint density at radius 3 is 2.11 bits per heavy atom. The van der Waals surface area contributed by atoms with Crippen molar-refractivity contribution in [2.45, 2.75) is 64.5 Å². The maximum absolute atomic E-state index is 6.62. The first-order chi connectivity index (χ1) is 9.02. The van der Waals surface area contributed by atoms with Crippen molar-refractivity contribution < 1.29 is 0 Å². The van der Waals surface area contributed by atoms with Crippen molar-refractivity contribution in [2.75, 3.05) is 6.54 Å². The van der Waals surface area contributed by atoms with Gasteiger partial charge in [0, 0.05) is 12.1 Å². The normalized spacial score (nSPS) is 21.3. The van der Waals surface area contributed by atoms with E-state index in [-0.39, 0.29) is 6.04 Å². The Morgan fingerprint density at radius 2 is 1.68 bits per heavy atom. The Balaban J connectivity index is 2.44. The van der Waals surface area contributed by atoms with Gasteiger partial charge in [-0.05, 0) is 47.9 Å². The van der Waals surface area contributed by atoms with E-state index in [1.807, 2.05) is 0 Å². The number of hydrogen-bond acceptors (Lipinski definition) is 2. The van der Waals surface area contributed by atoms with Crippen LogP contribution in [0, 0.1) is 0 Å². The molecule has 0 spiro atoms. The molecule has 2 nitrogen and oxygen atoms in total. The predicted molar refractivity (Wildman–Crippen MR) is 82.6 cm³/mol. The van der Waals surface area contributed by atoms with Crippen LogP contribution in [-0.2, 0) is 0 Å². The zero-order chi connectivity index (χ0) is 14.0. The molecule has 2 atom stereocenters. The number of rotatable bonds is 4. The number of benzene rings is 1. The highest BCUT2D eigenvalue weighted by Gasteiger charge is 2.27. The van der Waals surface area contributed by atoms with Crippen molar-refractivity contribution in [3.8, 4) is 0 Å². The summed E-state index contributed by atoms with van der Waals surface area (Å²) in [7, 11) is 0. The molecule has 2 unspecified atom stereocenters. The molecule has 1 aromatic carbocycles. The first-order valence-electron chi connectivity index (χ1n) is 7.64. The lowest BCUT2D eigenvalue weighted by atomic mass is 9.83. The molecule has 0 saturated carbocycles. The van der Waals surface area contributed by atoms with E-state index < -0.39 is 0 Å². The summed E-state index contributed by atoms with van der Waals surface area (Å²) in [5.41, 5.74) is 10.9. The van der Waals surface area contributed by atoms with Crippen LogP contribution in [0.4, 0.5) is 0 Å². The molecule has 0 aromatic heterocycles. The molecule has 1 aliphatic rings. The van der Waals surface area contributed by atoms with Gasteiger partial charge in [0.15, 0.2) is 0 Å². The second kappa shape index (κ2) is 6.06. The summed E-state index contributed by atoms with van der Waals surface area (Å²) in [6.07, 6.45) is 2.45. The summed E-state index contributed by atoms with van der Waals surface area (Å²) < 4.78 is 0. The van der Waals surface area contributed by atoms with Crippen LogP contribution in [0.3, 0.4) is 0 Å². The summed E-state index contributed by atoms with van der Waals surface area (Å²) in [6, 6.07) is 7.25. The Morgan fingerprint density at radius 1 is 1.11 bits per heavy atom. The van der Waals surface area contributed by atoms with Gasteiger partial charge in [-0.2, -0.15) is 0 Å². The highest BCUT2D eigenvalue weighted by atomic mass is 15.0. The third kappa shape index (κ3) is 3.01. The molecule has 106 valence electrons. The van der Waals surface area contributed by atoms with Gasteiger partial charge in [0.05, 0.1) is 0 Å². The maximum atomic E-state index is 6.62. The molecular weight excluding hydrogens is 232 g/mol. The van der Waals surface area contributed by atoms with Crippen molar-refractivity contribution in [1.82, 2.24) is 5.32 Å². The maximum Gasteiger partial charge on any atom is 0.0456 e. The van der Waals surface area contributed by atoms with Crippen LogP contribution < -0.4 is 11.1 Å². The van der Waals surface area contributed by atoms with Gasteiger partial charge >= 0.3 is 0 Å². The first-order valence-corrected chi connectivity index (χ1v) is 7.64. The lowest BCUT2D eigenvalue weighted by Crippen LogP contribution is -2.35. The Bertz CT molecular complexity index is 391. The van der Waals surface area contributed by atoms with Gasteiger partial charge in [-0.15, -0.1) is 0 Å². The molecule has 1 heterocycles. The molecule has 0 bridgehead atoms. The van der Waals surface area contributed by atoms with Crippen LogP contribution in [-0.4, -0.2) is 12.6 Å². The molecule has 1 fully saturated rings. The van der Waals surface area contributed by atoms with E-state index in [1.165, 1.54) is 29.5 Å². The molecule has 1 aliphatic heterocycles. The summed E-state index contributed by atoms with van der Waals surface area (Å²) in [5, 5.41) is 3.56. The van der Waals surface area contributed by atoms with Crippen molar-refractivity contribution >= 4 is 0 Å². The van der Waals surface area contributed by atoms with Crippen molar-refractivity contribution in [3.63, 3.8) is 0 Å². The summed E-state index contributed by atoms with van der Waals surface area (Å²) in [5.74, 6) is 1.06. The molecule has 3 N–H and O–H groups in total. The highest BCUT2D eigenvalue weighted by Crippen LogP contribution is 2.34. The fraction of sp³-hybridized carbons (Fsp3) is 0.647. The van der Waals surface area contributed by atoms with Crippen LogP contribution >= 0.6 is 0 Å². The highest BCUT2D eigenvalue weighted by molar-refractivity contribution is 5.42. The van der Waals surface area contributed by atoms with Crippen LogP contribution in [0.2, 0.25) is 0 Å². The predicted octanol–water partition coefficient (Wildman–Crippen LogP) is 3.69. The summed E-state index contributed by atoms with van der Waals surface area (Å²) in [4.78, 5) is 0. The van der Waals surface area contributed by atoms with E-state index >= 15 is 0 Å². The molecule has 0 radical (unpaired) electrons. The molecule has 0 aliphatic carbocycles. The molecule has 2 rings (SSSR count). The Hall–Kier alpha value is -0.860. The summed E-state index contributed by atoms with van der Waals surface area (Å²) in [6.45, 7) is 10.2. The number of nitrogens with one attached hydrogen (secondary N) is 1. The Kier molecular flexibility index (Phi) is 4.64. The van der Waals surface area contributed by atoms with E-state index in [9.17, 15) is 0 Å². The van der Waals surface area contributed by atoms with Crippen LogP contribution in [0.25, 0.3) is 0 Å². The molecule has 1 saturated heterocycles. The topological polar surface area (TPSA) is 38.0 Å². The SMILES string of the molecule is CC(C)c1cccc(C(C)C)c1C(N)C1CCCN1. The summed E-state index contributed by atoms with van der Waals surface area (Å²) >= 11 is 0. The third-order valence-corrected chi connectivity index (χ3v) is 4.28. The monoisotopic (exact) mass is 260 g/mol. The van der Waals surface area contributed by atoms with E-state index in [4.69, 9.17) is 5.73 Å². The third-order valence-electron chi connectivity index (χ3n) is 4.28. The second-order valence-corrected chi connectivity index (χ2v) is 6.39. The van der Waals surface area contributed by atoms with Crippen molar-refractivity contribution in [2.24, 2.45) is 5.73 Å². The Labute approximate surface area is 117 Å². The van der Waals surface area contributed by atoms with Gasteiger partial charge in [0.1, 0.15) is 0 Å². The minimum atomic E-state index is 0.124. The van der Waals surface area contributed by atoms with Gasteiger partial charge in [-0.1, -0.05) is 45.9 Å². The lowest BCUT2D eigenvalue weighted by molar-refractivity contribution is 0.491. The van der Waals surface area contributed by atoms with E-state index in [0.717, 1.165) is 6.54 Å². The molecule has 0 amide bonds. The van der Waals surface area contributed by atoms with Gasteiger partial charge < -0.3 is 11.1 Å². The van der Waals surface area contributed by atoms with Gasteiger partial charge in [-0.3, -0.25) is 0 Å². The molecular formula is C17H28N2. The standard InChI is InChI=1S/C17H28N2/c1-11(2)13-7-5-8-14(12(3)4)16(13)17(18)15-9-6-10-19-15/h5,7-8,11-12,15,17,19H,6,9-10,18H2,1-4H3. The first kappa shape index (κ1) is 14.5. The molecule has 2 heteroatoms. The number of nitrogens with two attached hydrogens (primary N) is 1. The molecule has 1 aromatic rings. The van der Waals surface area contributed by atoms with Crippen LogP contribution in [0.15, 0.2) is 18.2 Å². The number of hydrogen-bond donors (Lipinski definition) is 2. The van der Waals surface area contributed by atoms with Crippen LogP contribution in [0.5, 0.6) is 0 Å². The largest absolute Gasteiger partial charge is 0.323 e. The average molecular weight is 260 g/mol.